The SMILES string of the molecule is CC(Nc1ccc(C=O)cc1[N+](=O)[O-])c1ccccc1. The summed E-state index contributed by atoms with van der Waals surface area (Å²) in [5, 5.41) is 14.2. The van der Waals surface area contributed by atoms with Crippen molar-refractivity contribution in [3.63, 3.8) is 0 Å². The molecule has 2 rings (SSSR count). The summed E-state index contributed by atoms with van der Waals surface area (Å²) < 4.78 is 0. The zero-order valence-electron chi connectivity index (χ0n) is 10.9. The highest BCUT2D eigenvalue weighted by Gasteiger charge is 2.16. The Morgan fingerprint density at radius 2 is 1.90 bits per heavy atom. The van der Waals surface area contributed by atoms with Gasteiger partial charge in [-0.1, -0.05) is 30.3 Å². The van der Waals surface area contributed by atoms with E-state index >= 15 is 0 Å². The van der Waals surface area contributed by atoms with E-state index < -0.39 is 4.92 Å². The first-order valence-corrected chi connectivity index (χ1v) is 6.17. The molecule has 0 aliphatic rings. The molecule has 1 atom stereocenters. The Hall–Kier alpha value is -2.69. The van der Waals surface area contributed by atoms with Crippen LogP contribution in [0.3, 0.4) is 0 Å². The third kappa shape index (κ3) is 3.00. The molecule has 0 fully saturated rings. The van der Waals surface area contributed by atoms with E-state index in [1.165, 1.54) is 6.07 Å². The molecule has 0 bridgehead atoms. The molecule has 0 heterocycles. The first-order valence-electron chi connectivity index (χ1n) is 6.17. The van der Waals surface area contributed by atoms with Gasteiger partial charge in [0.2, 0.25) is 0 Å². The molecule has 2 aromatic carbocycles. The van der Waals surface area contributed by atoms with E-state index in [-0.39, 0.29) is 17.3 Å². The van der Waals surface area contributed by atoms with Crippen LogP contribution in [0.2, 0.25) is 0 Å². The molecule has 20 heavy (non-hydrogen) atoms. The molecule has 102 valence electrons. The van der Waals surface area contributed by atoms with Crippen LogP contribution in [0.15, 0.2) is 48.5 Å². The van der Waals surface area contributed by atoms with Crippen molar-refractivity contribution < 1.29 is 9.72 Å². The average molecular weight is 270 g/mol. The fourth-order valence-electron chi connectivity index (χ4n) is 1.95. The lowest BCUT2D eigenvalue weighted by Gasteiger charge is -2.15. The van der Waals surface area contributed by atoms with Crippen LogP contribution in [0, 0.1) is 10.1 Å². The molecule has 0 saturated heterocycles. The molecule has 0 spiro atoms. The number of anilines is 1. The van der Waals surface area contributed by atoms with Gasteiger partial charge in [0.05, 0.1) is 4.92 Å². The lowest BCUT2D eigenvalue weighted by Crippen LogP contribution is -2.08. The summed E-state index contributed by atoms with van der Waals surface area (Å²) in [5.41, 5.74) is 1.62. The van der Waals surface area contributed by atoms with Crippen LogP contribution in [-0.2, 0) is 0 Å². The van der Waals surface area contributed by atoms with Gasteiger partial charge in [-0.2, -0.15) is 0 Å². The molecule has 0 aromatic heterocycles. The number of nitro groups is 1. The molecular weight excluding hydrogens is 256 g/mol. The summed E-state index contributed by atoms with van der Waals surface area (Å²) in [7, 11) is 0. The smallest absolute Gasteiger partial charge is 0.293 e. The molecule has 0 aliphatic heterocycles. The van der Waals surface area contributed by atoms with E-state index in [1.54, 1.807) is 12.1 Å². The number of rotatable bonds is 5. The Morgan fingerprint density at radius 1 is 1.20 bits per heavy atom. The number of hydrogen-bond donors (Lipinski definition) is 1. The van der Waals surface area contributed by atoms with Gasteiger partial charge in [-0.3, -0.25) is 14.9 Å². The number of nitrogens with zero attached hydrogens (tertiary/aromatic N) is 1. The van der Waals surface area contributed by atoms with Crippen molar-refractivity contribution in [3.8, 4) is 0 Å². The first-order chi connectivity index (χ1) is 9.61. The Bertz CT molecular complexity index is 626. The monoisotopic (exact) mass is 270 g/mol. The van der Waals surface area contributed by atoms with Crippen LogP contribution in [0.25, 0.3) is 0 Å². The van der Waals surface area contributed by atoms with Crippen LogP contribution in [0.5, 0.6) is 0 Å². The third-order valence-corrected chi connectivity index (χ3v) is 3.03. The number of nitrogens with one attached hydrogen (secondary N) is 1. The van der Waals surface area contributed by atoms with Crippen molar-refractivity contribution in [2.45, 2.75) is 13.0 Å². The van der Waals surface area contributed by atoms with Gasteiger partial charge < -0.3 is 5.32 Å². The quantitative estimate of drug-likeness (QED) is 0.512. The summed E-state index contributed by atoms with van der Waals surface area (Å²) in [4.78, 5) is 21.3. The second kappa shape index (κ2) is 5.97. The van der Waals surface area contributed by atoms with Gasteiger partial charge in [-0.05, 0) is 24.6 Å². The van der Waals surface area contributed by atoms with E-state index in [1.807, 2.05) is 37.3 Å². The summed E-state index contributed by atoms with van der Waals surface area (Å²) in [5.74, 6) is 0. The minimum absolute atomic E-state index is 0.0722. The minimum Gasteiger partial charge on any atom is -0.373 e. The van der Waals surface area contributed by atoms with E-state index in [0.717, 1.165) is 5.56 Å². The summed E-state index contributed by atoms with van der Waals surface area (Å²) in [6.07, 6.45) is 0.595. The van der Waals surface area contributed by atoms with Crippen LogP contribution < -0.4 is 5.32 Å². The molecule has 0 amide bonds. The van der Waals surface area contributed by atoms with Gasteiger partial charge in [0.15, 0.2) is 0 Å². The topological polar surface area (TPSA) is 72.2 Å². The molecule has 5 nitrogen and oxygen atoms in total. The maximum absolute atomic E-state index is 11.1. The van der Waals surface area contributed by atoms with Gasteiger partial charge in [0.25, 0.3) is 5.69 Å². The zero-order chi connectivity index (χ0) is 14.5. The van der Waals surface area contributed by atoms with Crippen molar-refractivity contribution in [2.24, 2.45) is 0 Å². The molecular formula is C15H14N2O3. The second-order valence-corrected chi connectivity index (χ2v) is 4.43. The molecule has 0 radical (unpaired) electrons. The largest absolute Gasteiger partial charge is 0.373 e. The van der Waals surface area contributed by atoms with Gasteiger partial charge >= 0.3 is 0 Å². The summed E-state index contributed by atoms with van der Waals surface area (Å²) >= 11 is 0. The van der Waals surface area contributed by atoms with E-state index in [0.29, 0.717) is 12.0 Å². The van der Waals surface area contributed by atoms with Crippen molar-refractivity contribution in [2.75, 3.05) is 5.32 Å². The van der Waals surface area contributed by atoms with Crippen molar-refractivity contribution in [3.05, 3.63) is 69.8 Å². The van der Waals surface area contributed by atoms with Crippen LogP contribution >= 0.6 is 0 Å². The predicted molar refractivity (Wildman–Crippen MR) is 77.0 cm³/mol. The third-order valence-electron chi connectivity index (χ3n) is 3.03. The standard InChI is InChI=1S/C15H14N2O3/c1-11(13-5-3-2-4-6-13)16-14-8-7-12(10-18)9-15(14)17(19)20/h2-11,16H,1H3. The van der Waals surface area contributed by atoms with Gasteiger partial charge in [-0.25, -0.2) is 0 Å². The molecule has 5 heteroatoms. The minimum atomic E-state index is -0.493. The molecule has 0 saturated carbocycles. The van der Waals surface area contributed by atoms with Crippen LogP contribution in [0.4, 0.5) is 11.4 Å². The van der Waals surface area contributed by atoms with E-state index in [4.69, 9.17) is 0 Å². The normalized spacial score (nSPS) is 11.7. The fraction of sp³-hybridized carbons (Fsp3) is 0.133. The molecule has 2 aromatic rings. The van der Waals surface area contributed by atoms with Crippen molar-refractivity contribution >= 4 is 17.7 Å². The summed E-state index contributed by atoms with van der Waals surface area (Å²) in [6, 6.07) is 13.9. The number of carbonyl (C=O) groups excluding carboxylic acids is 1. The highest BCUT2D eigenvalue weighted by molar-refractivity contribution is 5.79. The number of carbonyl (C=O) groups is 1. The highest BCUT2D eigenvalue weighted by Crippen LogP contribution is 2.28. The number of aldehydes is 1. The Labute approximate surface area is 116 Å². The van der Waals surface area contributed by atoms with E-state index in [9.17, 15) is 14.9 Å². The molecule has 0 aliphatic carbocycles. The second-order valence-electron chi connectivity index (χ2n) is 4.43. The molecule has 1 unspecified atom stereocenters. The average Bonchev–Trinajstić information content (AvgIpc) is 2.48. The predicted octanol–water partition coefficient (Wildman–Crippen LogP) is 3.58. The Kier molecular flexibility index (Phi) is 4.10. The van der Waals surface area contributed by atoms with Gasteiger partial charge in [-0.15, -0.1) is 0 Å². The zero-order valence-corrected chi connectivity index (χ0v) is 10.9. The number of hydrogen-bond acceptors (Lipinski definition) is 4. The lowest BCUT2D eigenvalue weighted by atomic mass is 10.1. The first kappa shape index (κ1) is 13.7. The molecule has 1 N–H and O–H groups in total. The number of nitro benzene ring substituents is 1. The van der Waals surface area contributed by atoms with Crippen LogP contribution in [-0.4, -0.2) is 11.2 Å². The Balaban J connectivity index is 2.29. The summed E-state index contributed by atoms with van der Waals surface area (Å²) in [6.45, 7) is 1.92. The van der Waals surface area contributed by atoms with Gasteiger partial charge in [0.1, 0.15) is 12.0 Å². The van der Waals surface area contributed by atoms with Gasteiger partial charge in [0, 0.05) is 17.7 Å². The van der Waals surface area contributed by atoms with Crippen LogP contribution in [0.1, 0.15) is 28.9 Å². The highest BCUT2D eigenvalue weighted by atomic mass is 16.6. The lowest BCUT2D eigenvalue weighted by molar-refractivity contribution is -0.384. The van der Waals surface area contributed by atoms with Crippen molar-refractivity contribution in [1.29, 1.82) is 0 Å². The fourth-order valence-corrected chi connectivity index (χ4v) is 1.95. The maximum Gasteiger partial charge on any atom is 0.293 e. The maximum atomic E-state index is 11.1. The Morgan fingerprint density at radius 3 is 2.50 bits per heavy atom. The van der Waals surface area contributed by atoms with Crippen molar-refractivity contribution in [1.82, 2.24) is 0 Å². The number of benzene rings is 2. The van der Waals surface area contributed by atoms with E-state index in [2.05, 4.69) is 5.32 Å².